The van der Waals surface area contributed by atoms with Crippen molar-refractivity contribution in [3.8, 4) is 17.0 Å². The van der Waals surface area contributed by atoms with Crippen LogP contribution in [-0.4, -0.2) is 52.1 Å². The van der Waals surface area contributed by atoms with Gasteiger partial charge in [0.15, 0.2) is 0 Å². The van der Waals surface area contributed by atoms with Gasteiger partial charge in [-0.15, -0.1) is 0 Å². The molecule has 0 amide bonds. The van der Waals surface area contributed by atoms with E-state index in [1.54, 1.807) is 50.1 Å². The third kappa shape index (κ3) is 3.74. The minimum atomic E-state index is -0.340. The highest BCUT2D eigenvalue weighted by atomic mass is 16.5. The van der Waals surface area contributed by atoms with Crippen LogP contribution >= 0.6 is 0 Å². The van der Waals surface area contributed by atoms with Gasteiger partial charge in [0.05, 0.1) is 42.1 Å². The third-order valence-corrected chi connectivity index (χ3v) is 5.00. The zero-order valence-electron chi connectivity index (χ0n) is 16.0. The van der Waals surface area contributed by atoms with Crippen LogP contribution in [0, 0.1) is 5.41 Å². The number of aromatic nitrogens is 3. The second-order valence-electron chi connectivity index (χ2n) is 6.90. The largest absolute Gasteiger partial charge is 0.496 e. The van der Waals surface area contributed by atoms with E-state index in [9.17, 15) is 5.11 Å². The molecule has 0 saturated carbocycles. The minimum absolute atomic E-state index is 0.275. The first kappa shape index (κ1) is 18.8. The highest BCUT2D eigenvalue weighted by Gasteiger charge is 2.22. The number of ether oxygens (including phenoxy) is 1. The lowest BCUT2D eigenvalue weighted by molar-refractivity contribution is 0.198. The number of rotatable bonds is 5. The Morgan fingerprint density at radius 1 is 1.24 bits per heavy atom. The number of aliphatic hydroxyl groups is 1. The van der Waals surface area contributed by atoms with Crippen molar-refractivity contribution >= 4 is 17.2 Å². The van der Waals surface area contributed by atoms with Gasteiger partial charge in [0.25, 0.3) is 0 Å². The lowest BCUT2D eigenvalue weighted by Crippen LogP contribution is -2.22. The van der Waals surface area contributed by atoms with Gasteiger partial charge in [-0.2, -0.15) is 0 Å². The summed E-state index contributed by atoms with van der Waals surface area (Å²) in [5, 5.41) is 18.5. The maximum atomic E-state index is 9.78. The summed E-state index contributed by atoms with van der Waals surface area (Å²) < 4.78 is 5.40. The van der Waals surface area contributed by atoms with Gasteiger partial charge in [0.1, 0.15) is 11.6 Å². The molecule has 0 bridgehead atoms. The maximum Gasteiger partial charge on any atom is 0.131 e. The van der Waals surface area contributed by atoms with Crippen LogP contribution in [0.15, 0.2) is 49.1 Å². The van der Waals surface area contributed by atoms with Gasteiger partial charge < -0.3 is 20.5 Å². The number of aliphatic hydroxyl groups excluding tert-OH is 1. The Morgan fingerprint density at radius 2 is 2.10 bits per heavy atom. The van der Waals surface area contributed by atoms with Gasteiger partial charge in [0.2, 0.25) is 0 Å². The number of nitrogens with one attached hydrogen (secondary N) is 1. The van der Waals surface area contributed by atoms with Gasteiger partial charge >= 0.3 is 0 Å². The number of nitrogen functional groups attached to an aromatic ring is 1. The molecule has 1 fully saturated rings. The molecule has 29 heavy (non-hydrogen) atoms. The second kappa shape index (κ2) is 7.84. The highest BCUT2D eigenvalue weighted by molar-refractivity contribution is 6.14. The third-order valence-electron chi connectivity index (χ3n) is 5.00. The fraction of sp³-hybridized carbons (Fsp3) is 0.238. The topological polar surface area (TPSA) is 121 Å². The summed E-state index contributed by atoms with van der Waals surface area (Å²) in [6.07, 6.45) is 6.92. The molecule has 8 heteroatoms. The van der Waals surface area contributed by atoms with Crippen LogP contribution in [0.25, 0.3) is 11.3 Å². The molecule has 148 valence electrons. The van der Waals surface area contributed by atoms with Crippen LogP contribution in [0.5, 0.6) is 5.75 Å². The molecule has 8 nitrogen and oxygen atoms in total. The maximum absolute atomic E-state index is 9.78. The van der Waals surface area contributed by atoms with Crippen molar-refractivity contribution in [1.29, 1.82) is 5.41 Å². The molecule has 1 saturated heterocycles. The first-order chi connectivity index (χ1) is 14.1. The minimum Gasteiger partial charge on any atom is -0.496 e. The molecule has 3 aromatic heterocycles. The molecule has 0 aromatic carbocycles. The van der Waals surface area contributed by atoms with Crippen molar-refractivity contribution in [2.24, 2.45) is 0 Å². The average Bonchev–Trinajstić information content (AvgIpc) is 3.20. The molecule has 1 aliphatic rings. The molecule has 4 heterocycles. The first-order valence-corrected chi connectivity index (χ1v) is 9.29. The molecule has 0 radical (unpaired) electrons. The second-order valence-corrected chi connectivity index (χ2v) is 6.90. The first-order valence-electron chi connectivity index (χ1n) is 9.29. The Morgan fingerprint density at radius 3 is 2.86 bits per heavy atom. The number of methoxy groups -OCH3 is 1. The number of anilines is 2. The predicted molar refractivity (Wildman–Crippen MR) is 111 cm³/mol. The molecular weight excluding hydrogens is 368 g/mol. The zero-order chi connectivity index (χ0) is 20.4. The summed E-state index contributed by atoms with van der Waals surface area (Å²) >= 11 is 0. The predicted octanol–water partition coefficient (Wildman–Crippen LogP) is 2.12. The van der Waals surface area contributed by atoms with Gasteiger partial charge in [-0.3, -0.25) is 15.4 Å². The van der Waals surface area contributed by atoms with E-state index >= 15 is 0 Å². The van der Waals surface area contributed by atoms with Crippen molar-refractivity contribution in [1.82, 2.24) is 15.0 Å². The fourth-order valence-corrected chi connectivity index (χ4v) is 3.43. The number of hydrogen-bond donors (Lipinski definition) is 3. The molecule has 1 aliphatic heterocycles. The summed E-state index contributed by atoms with van der Waals surface area (Å²) in [5.74, 6) is 1.39. The molecule has 1 atom stereocenters. The van der Waals surface area contributed by atoms with E-state index < -0.39 is 0 Å². The number of pyridine rings is 3. The van der Waals surface area contributed by atoms with Crippen LogP contribution < -0.4 is 15.4 Å². The van der Waals surface area contributed by atoms with E-state index in [1.165, 1.54) is 0 Å². The van der Waals surface area contributed by atoms with Crippen molar-refractivity contribution < 1.29 is 9.84 Å². The monoisotopic (exact) mass is 390 g/mol. The molecule has 1 unspecified atom stereocenters. The Bertz CT molecular complexity index is 1050. The van der Waals surface area contributed by atoms with E-state index in [0.717, 1.165) is 24.3 Å². The smallest absolute Gasteiger partial charge is 0.131 e. The summed E-state index contributed by atoms with van der Waals surface area (Å²) in [6.45, 7) is 1.29. The van der Waals surface area contributed by atoms with Crippen molar-refractivity contribution in [3.63, 3.8) is 0 Å². The lowest BCUT2D eigenvalue weighted by Gasteiger charge is -2.18. The molecule has 0 spiro atoms. The van der Waals surface area contributed by atoms with Gasteiger partial charge in [0, 0.05) is 42.8 Å². The SMILES string of the molecule is COc1ccncc1-c1cc(C(=N)c2ccnc(N3CCC(O)C3)c2)c(N)cn1. The van der Waals surface area contributed by atoms with Crippen LogP contribution in [0.2, 0.25) is 0 Å². The van der Waals surface area contributed by atoms with Crippen LogP contribution in [0.3, 0.4) is 0 Å². The van der Waals surface area contributed by atoms with Gasteiger partial charge in [-0.05, 0) is 30.7 Å². The molecule has 4 N–H and O–H groups in total. The fourth-order valence-electron chi connectivity index (χ4n) is 3.43. The molecular formula is C21H22N6O2. The number of nitrogens with two attached hydrogens (primary N) is 1. The number of β-amino-alcohol motifs (C(OH)–C–C–N with tert-alkyl or cyclic N) is 1. The summed E-state index contributed by atoms with van der Waals surface area (Å²) in [7, 11) is 1.59. The lowest BCUT2D eigenvalue weighted by atomic mass is 10.0. The zero-order valence-corrected chi connectivity index (χ0v) is 16.0. The van der Waals surface area contributed by atoms with Crippen molar-refractivity contribution in [2.75, 3.05) is 30.8 Å². The van der Waals surface area contributed by atoms with Crippen molar-refractivity contribution in [3.05, 3.63) is 60.2 Å². The average molecular weight is 390 g/mol. The molecule has 0 aliphatic carbocycles. The normalized spacial score (nSPS) is 16.1. The van der Waals surface area contributed by atoms with Crippen LogP contribution in [0.1, 0.15) is 17.5 Å². The van der Waals surface area contributed by atoms with Crippen LogP contribution in [-0.2, 0) is 0 Å². The van der Waals surface area contributed by atoms with Crippen molar-refractivity contribution in [2.45, 2.75) is 12.5 Å². The van der Waals surface area contributed by atoms with Crippen LogP contribution in [0.4, 0.5) is 11.5 Å². The Balaban J connectivity index is 1.69. The standard InChI is InChI=1S/C21H22N6O2/c1-29-19-3-5-24-10-16(19)18-9-15(17(22)11-26-18)21(23)13-2-6-25-20(8-13)27-7-4-14(28)12-27/h2-3,5-6,8-11,14,23,28H,4,7,12,22H2,1H3. The molecule has 4 rings (SSSR count). The Kier molecular flexibility index (Phi) is 5.09. The van der Waals surface area contributed by atoms with Gasteiger partial charge in [-0.1, -0.05) is 0 Å². The summed E-state index contributed by atoms with van der Waals surface area (Å²) in [4.78, 5) is 14.9. The van der Waals surface area contributed by atoms with E-state index in [1.807, 2.05) is 11.0 Å². The molecule has 3 aromatic rings. The summed E-state index contributed by atoms with van der Waals surface area (Å²) in [6, 6.07) is 7.17. The number of hydrogen-bond acceptors (Lipinski definition) is 8. The van der Waals surface area contributed by atoms with Gasteiger partial charge in [-0.25, -0.2) is 4.98 Å². The van der Waals surface area contributed by atoms with E-state index in [2.05, 4.69) is 15.0 Å². The quantitative estimate of drug-likeness (QED) is 0.571. The van der Waals surface area contributed by atoms with E-state index in [-0.39, 0.29) is 11.8 Å². The Hall–Kier alpha value is -3.52. The number of nitrogens with zero attached hydrogens (tertiary/aromatic N) is 4. The van der Waals surface area contributed by atoms with E-state index in [0.29, 0.717) is 34.8 Å². The van der Waals surface area contributed by atoms with E-state index in [4.69, 9.17) is 15.9 Å². The Labute approximate surface area is 168 Å². The highest BCUT2D eigenvalue weighted by Crippen LogP contribution is 2.30. The summed E-state index contributed by atoms with van der Waals surface area (Å²) in [5.41, 5.74) is 9.45.